The van der Waals surface area contributed by atoms with Crippen molar-refractivity contribution >= 4 is 29.5 Å². The van der Waals surface area contributed by atoms with Crippen LogP contribution in [0.2, 0.25) is 5.02 Å². The van der Waals surface area contributed by atoms with E-state index in [1.54, 1.807) is 24.3 Å². The van der Waals surface area contributed by atoms with Crippen LogP contribution in [0.4, 0.5) is 0 Å². The number of benzene rings is 2. The molecular formula is C18H10ClN5OS. The SMILES string of the molecule is N#Cc1c(-c2ccccc2)nn2c(=S)n(-c3ccccc3Cl)c(=O)[nH]c12. The van der Waals surface area contributed by atoms with E-state index in [-0.39, 0.29) is 16.0 Å². The normalized spacial score (nSPS) is 10.8. The Morgan fingerprint density at radius 2 is 1.81 bits per heavy atom. The van der Waals surface area contributed by atoms with Crippen LogP contribution in [0.15, 0.2) is 59.4 Å². The first-order chi connectivity index (χ1) is 12.6. The van der Waals surface area contributed by atoms with Crippen LogP contribution in [0.3, 0.4) is 0 Å². The number of halogens is 1. The molecule has 0 saturated heterocycles. The van der Waals surface area contributed by atoms with Crippen LogP contribution in [0.25, 0.3) is 22.6 Å². The Labute approximate surface area is 157 Å². The molecule has 0 aliphatic rings. The minimum absolute atomic E-state index is 0.121. The topological polar surface area (TPSA) is 78.9 Å². The predicted octanol–water partition coefficient (Wildman–Crippen LogP) is 3.73. The third kappa shape index (κ3) is 2.44. The van der Waals surface area contributed by atoms with Crippen molar-refractivity contribution in [3.8, 4) is 23.0 Å². The van der Waals surface area contributed by atoms with E-state index in [1.165, 1.54) is 9.08 Å². The van der Waals surface area contributed by atoms with Crippen molar-refractivity contribution in [3.05, 3.63) is 80.4 Å². The van der Waals surface area contributed by atoms with E-state index in [1.807, 2.05) is 30.3 Å². The molecule has 0 saturated carbocycles. The van der Waals surface area contributed by atoms with Crippen LogP contribution in [-0.4, -0.2) is 19.2 Å². The number of nitrogens with zero attached hydrogens (tertiary/aromatic N) is 4. The van der Waals surface area contributed by atoms with Gasteiger partial charge >= 0.3 is 5.69 Å². The number of aromatic nitrogens is 4. The molecule has 8 heteroatoms. The van der Waals surface area contributed by atoms with Crippen molar-refractivity contribution in [1.29, 1.82) is 5.26 Å². The Hall–Kier alpha value is -3.21. The molecule has 0 aliphatic carbocycles. The van der Waals surface area contributed by atoms with Crippen molar-refractivity contribution in [2.45, 2.75) is 0 Å². The Morgan fingerprint density at radius 1 is 1.12 bits per heavy atom. The van der Waals surface area contributed by atoms with Crippen LogP contribution in [0, 0.1) is 16.1 Å². The third-order valence-corrected chi connectivity index (χ3v) is 4.61. The number of H-pyrrole nitrogens is 1. The maximum Gasteiger partial charge on any atom is 0.334 e. The van der Waals surface area contributed by atoms with Crippen LogP contribution in [-0.2, 0) is 0 Å². The number of nitrogens with one attached hydrogen (secondary N) is 1. The number of rotatable bonds is 2. The van der Waals surface area contributed by atoms with Gasteiger partial charge in [-0.1, -0.05) is 54.1 Å². The Morgan fingerprint density at radius 3 is 2.50 bits per heavy atom. The lowest BCUT2D eigenvalue weighted by molar-refractivity contribution is 0.779. The van der Waals surface area contributed by atoms with E-state index in [2.05, 4.69) is 16.2 Å². The summed E-state index contributed by atoms with van der Waals surface area (Å²) < 4.78 is 2.75. The van der Waals surface area contributed by atoms with E-state index >= 15 is 0 Å². The van der Waals surface area contributed by atoms with Gasteiger partial charge < -0.3 is 0 Å². The highest BCUT2D eigenvalue weighted by Gasteiger charge is 2.18. The lowest BCUT2D eigenvalue weighted by Gasteiger charge is -2.08. The molecule has 2 aromatic heterocycles. The predicted molar refractivity (Wildman–Crippen MR) is 101 cm³/mol. The summed E-state index contributed by atoms with van der Waals surface area (Å²) in [6, 6.07) is 18.2. The molecule has 26 heavy (non-hydrogen) atoms. The summed E-state index contributed by atoms with van der Waals surface area (Å²) in [5.74, 6) is 0. The summed E-state index contributed by atoms with van der Waals surface area (Å²) in [6.45, 7) is 0. The second-order valence-electron chi connectivity index (χ2n) is 5.46. The maximum absolute atomic E-state index is 12.7. The molecule has 2 heterocycles. The number of aromatic amines is 1. The number of para-hydroxylation sites is 1. The molecule has 0 unspecified atom stereocenters. The lowest BCUT2D eigenvalue weighted by atomic mass is 10.1. The molecule has 0 bridgehead atoms. The lowest BCUT2D eigenvalue weighted by Crippen LogP contribution is -2.25. The molecule has 6 nitrogen and oxygen atoms in total. The largest absolute Gasteiger partial charge is 0.334 e. The van der Waals surface area contributed by atoms with E-state index < -0.39 is 5.69 Å². The van der Waals surface area contributed by atoms with Gasteiger partial charge in [-0.2, -0.15) is 14.9 Å². The van der Waals surface area contributed by atoms with Crippen molar-refractivity contribution in [2.24, 2.45) is 0 Å². The fourth-order valence-corrected chi connectivity index (χ4v) is 3.29. The molecule has 4 aromatic rings. The van der Waals surface area contributed by atoms with Crippen molar-refractivity contribution < 1.29 is 0 Å². The van der Waals surface area contributed by atoms with Gasteiger partial charge in [0.1, 0.15) is 17.3 Å². The standard InChI is InChI=1S/C18H10ClN5OS/c19-13-8-4-5-9-14(13)23-17(25)21-16-12(10-20)15(22-24(16)18(23)26)11-6-2-1-3-7-11/h1-9H,(H,21,25). The Balaban J connectivity index is 2.10. The van der Waals surface area contributed by atoms with E-state index in [0.29, 0.717) is 16.4 Å². The van der Waals surface area contributed by atoms with Gasteiger partial charge in [-0.05, 0) is 24.4 Å². The molecule has 0 aliphatic heterocycles. The van der Waals surface area contributed by atoms with Gasteiger partial charge in [-0.3, -0.25) is 4.98 Å². The summed E-state index contributed by atoms with van der Waals surface area (Å²) in [4.78, 5) is 15.3. The van der Waals surface area contributed by atoms with Gasteiger partial charge in [0.2, 0.25) is 4.77 Å². The summed E-state index contributed by atoms with van der Waals surface area (Å²) in [5.41, 5.74) is 1.67. The summed E-state index contributed by atoms with van der Waals surface area (Å²) in [6.07, 6.45) is 0. The minimum atomic E-state index is -0.494. The van der Waals surface area contributed by atoms with E-state index in [4.69, 9.17) is 23.8 Å². The van der Waals surface area contributed by atoms with Crippen LogP contribution < -0.4 is 5.69 Å². The third-order valence-electron chi connectivity index (χ3n) is 3.94. The van der Waals surface area contributed by atoms with Crippen LogP contribution >= 0.6 is 23.8 Å². The molecule has 2 aromatic carbocycles. The molecule has 1 N–H and O–H groups in total. The van der Waals surface area contributed by atoms with Crippen LogP contribution in [0.5, 0.6) is 0 Å². The summed E-state index contributed by atoms with van der Waals surface area (Å²) in [5, 5.41) is 14.4. The molecule has 0 fully saturated rings. The van der Waals surface area contributed by atoms with Crippen molar-refractivity contribution in [3.63, 3.8) is 0 Å². The average Bonchev–Trinajstić information content (AvgIpc) is 3.02. The second kappa shape index (κ2) is 6.26. The zero-order valence-corrected chi connectivity index (χ0v) is 14.8. The smallest absolute Gasteiger partial charge is 0.290 e. The van der Waals surface area contributed by atoms with Crippen LogP contribution in [0.1, 0.15) is 5.56 Å². The van der Waals surface area contributed by atoms with Gasteiger partial charge in [0.05, 0.1) is 10.7 Å². The van der Waals surface area contributed by atoms with Gasteiger partial charge in [0.25, 0.3) is 0 Å². The molecule has 126 valence electrons. The number of nitriles is 1. The zero-order chi connectivity index (χ0) is 18.3. The highest BCUT2D eigenvalue weighted by molar-refractivity contribution is 7.71. The highest BCUT2D eigenvalue weighted by Crippen LogP contribution is 2.25. The minimum Gasteiger partial charge on any atom is -0.290 e. The summed E-state index contributed by atoms with van der Waals surface area (Å²) >= 11 is 11.7. The molecular weight excluding hydrogens is 370 g/mol. The Kier molecular flexibility index (Phi) is 3.92. The molecule has 0 radical (unpaired) electrons. The molecule has 4 rings (SSSR count). The monoisotopic (exact) mass is 379 g/mol. The summed E-state index contributed by atoms with van der Waals surface area (Å²) in [7, 11) is 0. The first kappa shape index (κ1) is 16.3. The first-order valence-electron chi connectivity index (χ1n) is 7.60. The van der Waals surface area contributed by atoms with Gasteiger partial charge in [0.15, 0.2) is 5.65 Å². The van der Waals surface area contributed by atoms with E-state index in [9.17, 15) is 10.1 Å². The molecule has 0 spiro atoms. The van der Waals surface area contributed by atoms with Crippen molar-refractivity contribution in [2.75, 3.05) is 0 Å². The number of hydrogen-bond acceptors (Lipinski definition) is 4. The van der Waals surface area contributed by atoms with Crippen molar-refractivity contribution in [1.82, 2.24) is 19.2 Å². The van der Waals surface area contributed by atoms with Gasteiger partial charge in [-0.25, -0.2) is 9.36 Å². The average molecular weight is 380 g/mol. The first-order valence-corrected chi connectivity index (χ1v) is 8.39. The molecule has 0 amide bonds. The number of fused-ring (bicyclic) bond motifs is 1. The zero-order valence-electron chi connectivity index (χ0n) is 13.2. The Bertz CT molecular complexity index is 1300. The second-order valence-corrected chi connectivity index (χ2v) is 6.23. The van der Waals surface area contributed by atoms with E-state index in [0.717, 1.165) is 5.56 Å². The fraction of sp³-hybridized carbons (Fsp3) is 0. The number of hydrogen-bond donors (Lipinski definition) is 1. The quantitative estimate of drug-likeness (QED) is 0.538. The molecule has 0 atom stereocenters. The van der Waals surface area contributed by atoms with Gasteiger partial charge in [0, 0.05) is 5.56 Å². The highest BCUT2D eigenvalue weighted by atomic mass is 35.5. The van der Waals surface area contributed by atoms with Gasteiger partial charge in [-0.15, -0.1) is 0 Å². The maximum atomic E-state index is 12.7. The fourth-order valence-electron chi connectivity index (χ4n) is 2.76.